The summed E-state index contributed by atoms with van der Waals surface area (Å²) < 4.78 is 29.0. The summed E-state index contributed by atoms with van der Waals surface area (Å²) in [6, 6.07) is 15.6. The number of aryl methyl sites for hydroxylation is 1. The van der Waals surface area contributed by atoms with Crippen molar-refractivity contribution in [1.29, 1.82) is 0 Å². The molecule has 0 spiro atoms. The number of pyridine rings is 1. The first-order valence-electron chi connectivity index (χ1n) is 7.81. The minimum absolute atomic E-state index is 0.371. The third kappa shape index (κ3) is 3.89. The standard InChI is InChI=1S/C17H21N3O2S/c1-14-6-5-9-17(18-14)19-23(21,22)20-12-10-16(11-13-20)15-7-3-2-4-8-15/h2-9,16H,10-13H2,1H3,(H,18,19). The van der Waals surface area contributed by atoms with Gasteiger partial charge in [-0.1, -0.05) is 36.4 Å². The second kappa shape index (κ2) is 6.68. The van der Waals surface area contributed by atoms with Gasteiger partial charge in [0.15, 0.2) is 0 Å². The van der Waals surface area contributed by atoms with Crippen LogP contribution in [-0.4, -0.2) is 30.8 Å². The van der Waals surface area contributed by atoms with E-state index in [9.17, 15) is 8.42 Å². The number of rotatable bonds is 4. The predicted molar refractivity (Wildman–Crippen MR) is 91.5 cm³/mol. The second-order valence-electron chi connectivity index (χ2n) is 5.86. The Labute approximate surface area is 137 Å². The van der Waals surface area contributed by atoms with Gasteiger partial charge in [-0.15, -0.1) is 0 Å². The molecule has 2 aromatic rings. The topological polar surface area (TPSA) is 62.3 Å². The highest BCUT2D eigenvalue weighted by Gasteiger charge is 2.28. The molecule has 0 bridgehead atoms. The van der Waals surface area contributed by atoms with Gasteiger partial charge in [-0.2, -0.15) is 12.7 Å². The molecule has 3 rings (SSSR count). The molecule has 0 aliphatic carbocycles. The average Bonchev–Trinajstić information content (AvgIpc) is 2.55. The van der Waals surface area contributed by atoms with Crippen LogP contribution in [0.15, 0.2) is 48.5 Å². The Bertz CT molecular complexity index is 754. The van der Waals surface area contributed by atoms with Crippen LogP contribution in [0.4, 0.5) is 5.82 Å². The van der Waals surface area contributed by atoms with Crippen LogP contribution in [0.25, 0.3) is 0 Å². The number of aromatic nitrogens is 1. The van der Waals surface area contributed by atoms with Crippen molar-refractivity contribution in [2.24, 2.45) is 0 Å². The lowest BCUT2D eigenvalue weighted by atomic mass is 9.90. The summed E-state index contributed by atoms with van der Waals surface area (Å²) in [5.74, 6) is 0.801. The molecule has 1 aromatic heterocycles. The molecule has 1 saturated heterocycles. The fraction of sp³-hybridized carbons (Fsp3) is 0.353. The molecule has 0 amide bonds. The summed E-state index contributed by atoms with van der Waals surface area (Å²) in [7, 11) is -3.54. The lowest BCUT2D eigenvalue weighted by Crippen LogP contribution is -2.41. The van der Waals surface area contributed by atoms with E-state index in [0.717, 1.165) is 18.5 Å². The van der Waals surface area contributed by atoms with Crippen LogP contribution in [0.2, 0.25) is 0 Å². The Kier molecular flexibility index (Phi) is 4.63. The first kappa shape index (κ1) is 16.0. The summed E-state index contributed by atoms with van der Waals surface area (Å²) in [5.41, 5.74) is 2.07. The van der Waals surface area contributed by atoms with Crippen molar-refractivity contribution in [3.8, 4) is 0 Å². The van der Waals surface area contributed by atoms with E-state index in [1.807, 2.05) is 31.2 Å². The number of nitrogens with one attached hydrogen (secondary N) is 1. The molecule has 122 valence electrons. The zero-order valence-corrected chi connectivity index (χ0v) is 14.0. The number of piperidine rings is 1. The number of anilines is 1. The van der Waals surface area contributed by atoms with E-state index in [4.69, 9.17) is 0 Å². The van der Waals surface area contributed by atoms with E-state index in [2.05, 4.69) is 21.8 Å². The maximum atomic E-state index is 12.5. The van der Waals surface area contributed by atoms with Crippen LogP contribution in [0, 0.1) is 6.92 Å². The Morgan fingerprint density at radius 3 is 2.39 bits per heavy atom. The molecular weight excluding hydrogens is 310 g/mol. The molecule has 0 radical (unpaired) electrons. The Hall–Kier alpha value is -1.92. The van der Waals surface area contributed by atoms with Gasteiger partial charge in [0.1, 0.15) is 5.82 Å². The Morgan fingerprint density at radius 2 is 1.74 bits per heavy atom. The first-order valence-corrected chi connectivity index (χ1v) is 9.25. The van der Waals surface area contributed by atoms with Gasteiger partial charge >= 0.3 is 10.2 Å². The van der Waals surface area contributed by atoms with Gasteiger partial charge in [0, 0.05) is 18.8 Å². The zero-order chi connectivity index (χ0) is 16.3. The van der Waals surface area contributed by atoms with E-state index in [-0.39, 0.29) is 0 Å². The van der Waals surface area contributed by atoms with Crippen molar-refractivity contribution < 1.29 is 8.42 Å². The van der Waals surface area contributed by atoms with Gasteiger partial charge in [0.25, 0.3) is 0 Å². The fourth-order valence-corrected chi connectivity index (χ4v) is 4.15. The lowest BCUT2D eigenvalue weighted by molar-refractivity contribution is 0.321. The number of hydrogen-bond donors (Lipinski definition) is 1. The fourth-order valence-electron chi connectivity index (χ4n) is 2.95. The van der Waals surface area contributed by atoms with E-state index >= 15 is 0 Å². The van der Waals surface area contributed by atoms with Crippen LogP contribution in [0.3, 0.4) is 0 Å². The van der Waals surface area contributed by atoms with Crippen molar-refractivity contribution >= 4 is 16.0 Å². The maximum Gasteiger partial charge on any atom is 0.302 e. The molecule has 1 aromatic carbocycles. The smallest absolute Gasteiger partial charge is 0.254 e. The molecule has 1 aliphatic heterocycles. The average molecular weight is 331 g/mol. The molecule has 6 heteroatoms. The quantitative estimate of drug-likeness (QED) is 0.937. The van der Waals surface area contributed by atoms with Crippen LogP contribution < -0.4 is 4.72 Å². The van der Waals surface area contributed by atoms with Gasteiger partial charge in [0.05, 0.1) is 0 Å². The molecule has 1 N–H and O–H groups in total. The third-order valence-electron chi connectivity index (χ3n) is 4.19. The molecule has 0 atom stereocenters. The van der Waals surface area contributed by atoms with Crippen LogP contribution in [0.5, 0.6) is 0 Å². The minimum Gasteiger partial charge on any atom is -0.254 e. The van der Waals surface area contributed by atoms with Gasteiger partial charge in [-0.25, -0.2) is 4.98 Å². The highest BCUT2D eigenvalue weighted by atomic mass is 32.2. The lowest BCUT2D eigenvalue weighted by Gasteiger charge is -2.31. The molecule has 0 saturated carbocycles. The molecular formula is C17H21N3O2S. The normalized spacial score (nSPS) is 17.1. The number of hydrogen-bond acceptors (Lipinski definition) is 3. The molecule has 5 nitrogen and oxygen atoms in total. The highest BCUT2D eigenvalue weighted by Crippen LogP contribution is 2.29. The van der Waals surface area contributed by atoms with Crippen molar-refractivity contribution in [2.75, 3.05) is 17.8 Å². The van der Waals surface area contributed by atoms with Gasteiger partial charge < -0.3 is 0 Å². The molecule has 1 aliphatic rings. The molecule has 1 fully saturated rings. The van der Waals surface area contributed by atoms with Crippen LogP contribution in [0.1, 0.15) is 30.0 Å². The number of benzene rings is 1. The Balaban J connectivity index is 1.64. The minimum atomic E-state index is -3.54. The Morgan fingerprint density at radius 1 is 1.04 bits per heavy atom. The molecule has 2 heterocycles. The summed E-state index contributed by atoms with van der Waals surface area (Å²) in [6.45, 7) is 2.89. The van der Waals surface area contributed by atoms with Gasteiger partial charge in [0.2, 0.25) is 0 Å². The summed E-state index contributed by atoms with van der Waals surface area (Å²) in [4.78, 5) is 4.20. The van der Waals surface area contributed by atoms with Crippen molar-refractivity contribution in [1.82, 2.24) is 9.29 Å². The van der Waals surface area contributed by atoms with Gasteiger partial charge in [-0.3, -0.25) is 4.72 Å². The van der Waals surface area contributed by atoms with E-state index in [1.54, 1.807) is 12.1 Å². The second-order valence-corrected chi connectivity index (χ2v) is 7.53. The predicted octanol–water partition coefficient (Wildman–Crippen LogP) is 2.93. The number of nitrogens with zero attached hydrogens (tertiary/aromatic N) is 2. The van der Waals surface area contributed by atoms with Crippen LogP contribution >= 0.6 is 0 Å². The molecule has 0 unspecified atom stereocenters. The zero-order valence-electron chi connectivity index (χ0n) is 13.1. The summed E-state index contributed by atoms with van der Waals surface area (Å²) in [6.07, 6.45) is 1.68. The van der Waals surface area contributed by atoms with E-state index in [1.165, 1.54) is 9.87 Å². The third-order valence-corrected chi connectivity index (χ3v) is 5.70. The van der Waals surface area contributed by atoms with Crippen LogP contribution in [-0.2, 0) is 10.2 Å². The summed E-state index contributed by atoms with van der Waals surface area (Å²) >= 11 is 0. The highest BCUT2D eigenvalue weighted by molar-refractivity contribution is 7.90. The van der Waals surface area contributed by atoms with E-state index < -0.39 is 10.2 Å². The van der Waals surface area contributed by atoms with Gasteiger partial charge in [-0.05, 0) is 43.4 Å². The largest absolute Gasteiger partial charge is 0.302 e. The van der Waals surface area contributed by atoms with E-state index in [0.29, 0.717) is 24.8 Å². The maximum absolute atomic E-state index is 12.5. The first-order chi connectivity index (χ1) is 11.0. The van der Waals surface area contributed by atoms with Crippen molar-refractivity contribution in [3.63, 3.8) is 0 Å². The molecule has 23 heavy (non-hydrogen) atoms. The monoisotopic (exact) mass is 331 g/mol. The van der Waals surface area contributed by atoms with Crippen molar-refractivity contribution in [3.05, 3.63) is 59.8 Å². The SMILES string of the molecule is Cc1cccc(NS(=O)(=O)N2CCC(c3ccccc3)CC2)n1. The summed E-state index contributed by atoms with van der Waals surface area (Å²) in [5, 5.41) is 0. The van der Waals surface area contributed by atoms with Crippen molar-refractivity contribution in [2.45, 2.75) is 25.7 Å².